The molecular formula is C58H85I9N12O21. The SMILES string of the molecule is C.CCNC(=O)Nc1c(I)c(C(=O)N(C)CC(O)CO)c(I)c(C(=O)N(C)CC(O)CO)c1I.CCNC(=O)Nc1c(I)c(C(=O)N(C)CC(O)CO)c(I)c(C(=O)N(C)CC(O)CO)c1I.CCNC(=O)Nc1c(I)c(C(=O)N(C)CC(O)CO)c(I)c(C(=O)N(C)CC(O)CO)c1I. The molecule has 3 aromatic carbocycles. The minimum absolute atomic E-state index is 0. The Hall–Kier alpha value is -1.62. The average molecular weight is 2430 g/mol. The van der Waals surface area contributed by atoms with E-state index in [1.807, 2.05) is 203 Å². The van der Waals surface area contributed by atoms with Crippen molar-refractivity contribution < 1.29 is 104 Å². The first-order valence-corrected chi connectivity index (χ1v) is 38.9. The van der Waals surface area contributed by atoms with Gasteiger partial charge in [0.05, 0.1) is 148 Å². The highest BCUT2D eigenvalue weighted by molar-refractivity contribution is 14.1. The van der Waals surface area contributed by atoms with E-state index in [2.05, 4.69) is 31.9 Å². The first kappa shape index (κ1) is 98.4. The number of aliphatic hydroxyl groups is 12. The van der Waals surface area contributed by atoms with Crippen LogP contribution in [0.2, 0.25) is 0 Å². The number of nitrogens with one attached hydrogen (secondary N) is 6. The van der Waals surface area contributed by atoms with E-state index in [0.29, 0.717) is 51.8 Å². The number of urea groups is 3. The fourth-order valence-electron chi connectivity index (χ4n) is 8.29. The molecule has 566 valence electrons. The summed E-state index contributed by atoms with van der Waals surface area (Å²) in [7, 11) is 8.71. The molecule has 0 aliphatic rings. The number of amides is 12. The van der Waals surface area contributed by atoms with Gasteiger partial charge in [0.2, 0.25) is 0 Å². The van der Waals surface area contributed by atoms with Crippen molar-refractivity contribution in [2.24, 2.45) is 0 Å². The average Bonchev–Trinajstić information content (AvgIpc) is 0.777. The van der Waals surface area contributed by atoms with Gasteiger partial charge in [-0.05, 0) is 224 Å². The number of rotatable bonds is 30. The third kappa shape index (κ3) is 28.5. The highest BCUT2D eigenvalue weighted by Gasteiger charge is 2.36. The number of carbonyl (C=O) groups excluding carboxylic acids is 9. The standard InChI is InChI=1S/3C19H27I3N4O7.CH4/c3*1-4-23-19(33)24-16-14(21)11(17(31)25(2)5-9(29)7-27)13(20)12(15(16)22)18(32)26(3)6-10(30)8-28;/h3*9-10,27-30H,4-8H2,1-3H3,(H2,23,24,33);1H4. The van der Waals surface area contributed by atoms with Crippen molar-refractivity contribution in [2.45, 2.75) is 64.8 Å². The molecule has 0 aliphatic carbocycles. The maximum absolute atomic E-state index is 13.3. The maximum atomic E-state index is 13.3. The van der Waals surface area contributed by atoms with Crippen molar-refractivity contribution in [3.63, 3.8) is 0 Å². The lowest BCUT2D eigenvalue weighted by atomic mass is 10.1. The summed E-state index contributed by atoms with van der Waals surface area (Å²) in [6.45, 7) is 2.35. The molecular weight excluding hydrogens is 2340 g/mol. The molecule has 0 aromatic heterocycles. The normalized spacial score (nSPS) is 12.5. The Kier molecular flexibility index (Phi) is 47.8. The molecule has 0 aliphatic heterocycles. The molecule has 33 nitrogen and oxygen atoms in total. The number of carbonyl (C=O) groups is 9. The second-order valence-corrected chi connectivity index (χ2v) is 31.0. The summed E-state index contributed by atoms with van der Waals surface area (Å²) in [5, 5.41) is 129. The summed E-state index contributed by atoms with van der Waals surface area (Å²) in [5.74, 6) is -3.09. The third-order valence-electron chi connectivity index (χ3n) is 13.2. The van der Waals surface area contributed by atoms with Gasteiger partial charge in [0.15, 0.2) is 0 Å². The van der Waals surface area contributed by atoms with Crippen LogP contribution in [0.25, 0.3) is 0 Å². The second-order valence-electron chi connectivity index (χ2n) is 21.3. The lowest BCUT2D eigenvalue weighted by Gasteiger charge is -2.26. The smallest absolute Gasteiger partial charge is 0.319 e. The Balaban J connectivity index is 0.00000146. The summed E-state index contributed by atoms with van der Waals surface area (Å²) in [6, 6.07) is -1.54. The molecule has 42 heteroatoms. The van der Waals surface area contributed by atoms with Gasteiger partial charge in [-0.2, -0.15) is 0 Å². The van der Waals surface area contributed by atoms with Crippen molar-refractivity contribution in [1.82, 2.24) is 45.3 Å². The number of likely N-dealkylation sites (N-methyl/N-ethyl adjacent to an activating group) is 6. The number of anilines is 3. The van der Waals surface area contributed by atoms with E-state index >= 15 is 0 Å². The zero-order chi connectivity index (χ0) is 76.4. The number of halogens is 9. The largest absolute Gasteiger partial charge is 0.394 e. The minimum atomic E-state index is -1.14. The number of hydrogen-bond acceptors (Lipinski definition) is 21. The van der Waals surface area contributed by atoms with Crippen molar-refractivity contribution in [1.29, 1.82) is 0 Å². The third-order valence-corrected chi connectivity index (χ3v) is 22.9. The van der Waals surface area contributed by atoms with Gasteiger partial charge in [-0.25, -0.2) is 14.4 Å². The molecule has 0 spiro atoms. The number of benzene rings is 3. The van der Waals surface area contributed by atoms with E-state index in [0.717, 1.165) is 0 Å². The molecule has 3 rings (SSSR count). The Bertz CT molecular complexity index is 2830. The minimum Gasteiger partial charge on any atom is -0.394 e. The van der Waals surface area contributed by atoms with E-state index < -0.39 is 130 Å². The van der Waals surface area contributed by atoms with Crippen LogP contribution in [0.3, 0.4) is 0 Å². The van der Waals surface area contributed by atoms with Crippen LogP contribution in [0.4, 0.5) is 31.4 Å². The molecule has 0 radical (unpaired) electrons. The Labute approximate surface area is 701 Å². The fourth-order valence-corrected chi connectivity index (χ4v) is 21.4. The molecule has 100 heavy (non-hydrogen) atoms. The van der Waals surface area contributed by atoms with Crippen LogP contribution in [-0.2, 0) is 0 Å². The van der Waals surface area contributed by atoms with Gasteiger partial charge >= 0.3 is 18.1 Å². The lowest BCUT2D eigenvalue weighted by Crippen LogP contribution is -2.39. The van der Waals surface area contributed by atoms with Crippen LogP contribution < -0.4 is 31.9 Å². The Morgan fingerprint density at radius 2 is 0.420 bits per heavy atom. The summed E-state index contributed by atoms with van der Waals surface area (Å²) >= 11 is 17.2. The number of nitrogens with zero attached hydrogens (tertiary/aromatic N) is 6. The van der Waals surface area contributed by atoms with Crippen molar-refractivity contribution >= 4 is 274 Å². The van der Waals surface area contributed by atoms with Gasteiger partial charge in [0, 0.05) is 112 Å². The van der Waals surface area contributed by atoms with Gasteiger partial charge in [-0.15, -0.1) is 0 Å². The van der Waals surface area contributed by atoms with Crippen LogP contribution in [0, 0.1) is 32.1 Å². The van der Waals surface area contributed by atoms with Crippen LogP contribution >= 0.6 is 203 Å². The van der Waals surface area contributed by atoms with Gasteiger partial charge in [-0.1, -0.05) is 7.43 Å². The molecule has 0 saturated carbocycles. The summed E-state index contributed by atoms with van der Waals surface area (Å²) < 4.78 is 3.39. The molecule has 6 atom stereocenters. The monoisotopic (exact) mass is 2430 g/mol. The fraction of sp³-hybridized carbons (Fsp3) is 0.534. The van der Waals surface area contributed by atoms with Gasteiger partial charge in [0.1, 0.15) is 0 Å². The number of hydrogen-bond donors (Lipinski definition) is 18. The van der Waals surface area contributed by atoms with E-state index in [1.54, 1.807) is 20.8 Å². The molecule has 0 fully saturated rings. The molecule has 0 bridgehead atoms. The molecule has 12 amide bonds. The highest BCUT2D eigenvalue weighted by Crippen LogP contribution is 2.40. The summed E-state index contributed by atoms with van der Waals surface area (Å²) in [6.07, 6.45) is -6.84. The van der Waals surface area contributed by atoms with Crippen molar-refractivity contribution in [3.05, 3.63) is 65.5 Å². The second kappa shape index (κ2) is 48.6. The van der Waals surface area contributed by atoms with Crippen LogP contribution in [-0.4, -0.2) is 322 Å². The van der Waals surface area contributed by atoms with E-state index in [9.17, 15) is 73.8 Å². The van der Waals surface area contributed by atoms with Gasteiger partial charge < -0.3 is 123 Å². The topological polar surface area (TPSA) is 488 Å². The quantitative estimate of drug-likeness (QED) is 0.0425. The van der Waals surface area contributed by atoms with Crippen molar-refractivity contribution in [3.8, 4) is 0 Å². The van der Waals surface area contributed by atoms with E-state index in [1.165, 1.54) is 71.7 Å². The Morgan fingerprint density at radius 3 is 0.530 bits per heavy atom. The predicted molar refractivity (Wildman–Crippen MR) is 449 cm³/mol. The zero-order valence-corrected chi connectivity index (χ0v) is 74.1. The predicted octanol–water partition coefficient (Wildman–Crippen LogP) is 2.11. The Morgan fingerprint density at radius 1 is 0.290 bits per heavy atom. The highest BCUT2D eigenvalue weighted by atomic mass is 127. The van der Waals surface area contributed by atoms with Crippen LogP contribution in [0.1, 0.15) is 90.3 Å². The molecule has 6 unspecified atom stereocenters. The summed E-state index contributed by atoms with van der Waals surface area (Å²) in [4.78, 5) is 124. The molecule has 3 aromatic rings. The van der Waals surface area contributed by atoms with E-state index in [-0.39, 0.29) is 97.1 Å². The lowest BCUT2D eigenvalue weighted by molar-refractivity contribution is 0.0510. The van der Waals surface area contributed by atoms with Crippen LogP contribution in [0.15, 0.2) is 0 Å². The van der Waals surface area contributed by atoms with Gasteiger partial charge in [0.25, 0.3) is 35.4 Å². The number of aliphatic hydroxyl groups excluding tert-OH is 12. The maximum Gasteiger partial charge on any atom is 0.319 e. The van der Waals surface area contributed by atoms with Crippen LogP contribution in [0.5, 0.6) is 0 Å². The zero-order valence-electron chi connectivity index (χ0n) is 54.7. The van der Waals surface area contributed by atoms with E-state index in [4.69, 9.17) is 30.6 Å². The van der Waals surface area contributed by atoms with Gasteiger partial charge in [-0.3, -0.25) is 28.8 Å². The molecule has 18 N–H and O–H groups in total. The first-order valence-electron chi connectivity index (χ1n) is 29.2. The molecule has 0 saturated heterocycles. The molecule has 0 heterocycles. The van der Waals surface area contributed by atoms with Crippen molar-refractivity contribution in [2.75, 3.05) is 157 Å². The summed E-state index contributed by atoms with van der Waals surface area (Å²) in [5.41, 5.74) is 1.69. The first-order chi connectivity index (χ1) is 46.2.